The van der Waals surface area contributed by atoms with E-state index < -0.39 is 6.10 Å². The third kappa shape index (κ3) is 64.5. The van der Waals surface area contributed by atoms with Crippen molar-refractivity contribution in [2.45, 2.75) is 309 Å². The highest BCUT2D eigenvalue weighted by Crippen LogP contribution is 2.16. The van der Waals surface area contributed by atoms with E-state index >= 15 is 0 Å². The van der Waals surface area contributed by atoms with Gasteiger partial charge in [-0.3, -0.25) is 14.4 Å². The van der Waals surface area contributed by atoms with Gasteiger partial charge < -0.3 is 14.2 Å². The molecule has 0 aromatic carbocycles. The Balaban J connectivity index is 4.33. The number of unbranched alkanes of at least 4 members (excludes halogenated alkanes) is 28. The van der Waals surface area contributed by atoms with E-state index in [1.807, 2.05) is 0 Å². The van der Waals surface area contributed by atoms with Crippen LogP contribution in [0.5, 0.6) is 0 Å². The van der Waals surface area contributed by atoms with Crippen LogP contribution in [0.3, 0.4) is 0 Å². The normalized spacial score (nSPS) is 12.9. The Morgan fingerprint density at radius 1 is 0.266 bits per heavy atom. The summed E-state index contributed by atoms with van der Waals surface area (Å²) in [5, 5.41) is 0. The number of hydrogen-bond acceptors (Lipinski definition) is 6. The van der Waals surface area contributed by atoms with Crippen molar-refractivity contribution >= 4 is 17.9 Å². The molecule has 0 heterocycles. The van der Waals surface area contributed by atoms with Crippen molar-refractivity contribution in [1.29, 1.82) is 0 Å². The highest BCUT2D eigenvalue weighted by Gasteiger charge is 2.19. The third-order valence-electron chi connectivity index (χ3n) is 13.9. The van der Waals surface area contributed by atoms with Gasteiger partial charge in [0.15, 0.2) is 6.10 Å². The molecule has 0 spiro atoms. The molecule has 0 saturated heterocycles. The third-order valence-corrected chi connectivity index (χ3v) is 13.9. The summed E-state index contributed by atoms with van der Waals surface area (Å²) in [5.41, 5.74) is 0. The lowest BCUT2D eigenvalue weighted by Crippen LogP contribution is -2.30. The summed E-state index contributed by atoms with van der Waals surface area (Å²) in [6.45, 7) is 6.39. The second-order valence-corrected chi connectivity index (χ2v) is 21.6. The van der Waals surface area contributed by atoms with E-state index in [1.54, 1.807) is 0 Å². The molecule has 0 bridgehead atoms. The maximum absolute atomic E-state index is 12.9. The first-order valence-corrected chi connectivity index (χ1v) is 33.0. The molecule has 6 heteroatoms. The first-order valence-electron chi connectivity index (χ1n) is 33.0. The molecule has 450 valence electrons. The highest BCUT2D eigenvalue weighted by molar-refractivity contribution is 5.71. The topological polar surface area (TPSA) is 78.9 Å². The highest BCUT2D eigenvalue weighted by atomic mass is 16.6. The minimum Gasteiger partial charge on any atom is -0.462 e. The summed E-state index contributed by atoms with van der Waals surface area (Å²) in [6, 6.07) is 0. The Bertz CT molecular complexity index is 1640. The number of rotatable bonds is 59. The number of allylic oxidation sites excluding steroid dienone is 20. The van der Waals surface area contributed by atoms with Crippen LogP contribution in [0.15, 0.2) is 122 Å². The predicted molar refractivity (Wildman–Crippen MR) is 343 cm³/mol. The van der Waals surface area contributed by atoms with Gasteiger partial charge in [-0.05, 0) is 128 Å². The summed E-state index contributed by atoms with van der Waals surface area (Å²) in [7, 11) is 0. The second-order valence-electron chi connectivity index (χ2n) is 21.6. The lowest BCUT2D eigenvalue weighted by molar-refractivity contribution is -0.167. The maximum atomic E-state index is 12.9. The van der Waals surface area contributed by atoms with Gasteiger partial charge in [-0.2, -0.15) is 0 Å². The van der Waals surface area contributed by atoms with E-state index in [-0.39, 0.29) is 31.1 Å². The second kappa shape index (κ2) is 66.3. The lowest BCUT2D eigenvalue weighted by Gasteiger charge is -2.18. The van der Waals surface area contributed by atoms with E-state index in [4.69, 9.17) is 14.2 Å². The first kappa shape index (κ1) is 74.8. The largest absolute Gasteiger partial charge is 0.462 e. The quantitative estimate of drug-likeness (QED) is 0.0261. The molecule has 0 rings (SSSR count). The zero-order chi connectivity index (χ0) is 57.1. The molecule has 0 aliphatic heterocycles. The fourth-order valence-corrected chi connectivity index (χ4v) is 9.04. The summed E-state index contributed by atoms with van der Waals surface area (Å²) < 4.78 is 16.9. The molecule has 0 aliphatic rings. The van der Waals surface area contributed by atoms with Gasteiger partial charge in [0.25, 0.3) is 0 Å². The number of carbonyl (C=O) groups excluding carboxylic acids is 3. The fraction of sp³-hybridized carbons (Fsp3) is 0.685. The predicted octanol–water partition coefficient (Wildman–Crippen LogP) is 22.8. The Morgan fingerprint density at radius 2 is 0.494 bits per heavy atom. The number of esters is 3. The van der Waals surface area contributed by atoms with Crippen LogP contribution in [0, 0.1) is 0 Å². The van der Waals surface area contributed by atoms with Gasteiger partial charge in [-0.25, -0.2) is 0 Å². The van der Waals surface area contributed by atoms with Crippen molar-refractivity contribution in [3.05, 3.63) is 122 Å². The van der Waals surface area contributed by atoms with Crippen molar-refractivity contribution in [1.82, 2.24) is 0 Å². The molecule has 0 aliphatic carbocycles. The average Bonchev–Trinajstić information content (AvgIpc) is 3.45. The molecule has 0 N–H and O–H groups in total. The molecule has 0 fully saturated rings. The summed E-state index contributed by atoms with van der Waals surface area (Å²) in [4.78, 5) is 38.3. The van der Waals surface area contributed by atoms with Crippen molar-refractivity contribution in [3.8, 4) is 0 Å². The SMILES string of the molecule is CC/C=C\C/C=C\C/C=C\C/C=C\C/C=C\CCCCCCCCCCCCCC(=O)OCC(COC(=O)CCCCC/C=C\C/C=C\C/C=C\CC)OC(=O)CCCCCCCCCCC/C=C\C/C=C\CCCCCCC. The Labute approximate surface area is 488 Å². The molecule has 0 aromatic rings. The average molecular weight is 1100 g/mol. The van der Waals surface area contributed by atoms with Crippen LogP contribution in [-0.2, 0) is 28.6 Å². The van der Waals surface area contributed by atoms with Crippen LogP contribution in [0.4, 0.5) is 0 Å². The molecule has 0 amide bonds. The Hall–Kier alpha value is -4.19. The summed E-state index contributed by atoms with van der Waals surface area (Å²) in [6.07, 6.45) is 92.1. The number of carbonyl (C=O) groups is 3. The van der Waals surface area contributed by atoms with Gasteiger partial charge >= 0.3 is 17.9 Å². The molecule has 0 aromatic heterocycles. The zero-order valence-corrected chi connectivity index (χ0v) is 51.6. The van der Waals surface area contributed by atoms with Gasteiger partial charge in [-0.15, -0.1) is 0 Å². The maximum Gasteiger partial charge on any atom is 0.306 e. The van der Waals surface area contributed by atoms with Gasteiger partial charge in [0, 0.05) is 19.3 Å². The fourth-order valence-electron chi connectivity index (χ4n) is 9.04. The van der Waals surface area contributed by atoms with Crippen LogP contribution in [0.1, 0.15) is 303 Å². The van der Waals surface area contributed by atoms with Gasteiger partial charge in [0.2, 0.25) is 0 Å². The Morgan fingerprint density at radius 3 is 0.785 bits per heavy atom. The minimum absolute atomic E-state index is 0.0921. The number of ether oxygens (including phenoxy) is 3. The molecule has 0 radical (unpaired) electrons. The van der Waals surface area contributed by atoms with E-state index in [9.17, 15) is 14.4 Å². The minimum atomic E-state index is -0.798. The van der Waals surface area contributed by atoms with Crippen molar-refractivity contribution in [2.75, 3.05) is 13.2 Å². The standard InChI is InChI=1S/C73H122O6/c1-4-7-10-13-16-19-22-25-27-29-31-33-34-35-36-37-38-40-41-43-45-48-51-54-57-60-63-66-72(75)78-69-70(68-77-71(74)65-62-59-56-53-50-47-24-21-18-15-12-9-6-3)79-73(76)67-64-61-58-55-52-49-46-44-42-39-32-30-28-26-23-20-17-14-11-8-5-2/h7,9-10,12,16,18-19,21,23,25-27,30-33,35-36,47,50,70H,4-6,8,11,13-15,17,20,22,24,28-29,34,37-46,48-49,51-69H2,1-3H3/b10-7-,12-9-,19-16-,21-18-,26-23-,27-25-,32-30-,33-31-,36-35-,50-47-. The first-order chi connectivity index (χ1) is 39.0. The Kier molecular flexibility index (Phi) is 62.8. The van der Waals surface area contributed by atoms with E-state index in [2.05, 4.69) is 142 Å². The van der Waals surface area contributed by atoms with E-state index in [1.165, 1.54) is 141 Å². The van der Waals surface area contributed by atoms with Gasteiger partial charge in [0.1, 0.15) is 13.2 Å². The molecular formula is C73H122O6. The molecule has 79 heavy (non-hydrogen) atoms. The molecular weight excluding hydrogens is 973 g/mol. The summed E-state index contributed by atoms with van der Waals surface area (Å²) >= 11 is 0. The van der Waals surface area contributed by atoms with Crippen molar-refractivity contribution < 1.29 is 28.6 Å². The molecule has 1 unspecified atom stereocenters. The lowest BCUT2D eigenvalue weighted by atomic mass is 10.0. The van der Waals surface area contributed by atoms with E-state index in [0.717, 1.165) is 122 Å². The van der Waals surface area contributed by atoms with Gasteiger partial charge in [-0.1, -0.05) is 277 Å². The molecule has 6 nitrogen and oxygen atoms in total. The smallest absolute Gasteiger partial charge is 0.306 e. The number of hydrogen-bond donors (Lipinski definition) is 0. The van der Waals surface area contributed by atoms with Crippen LogP contribution < -0.4 is 0 Å². The zero-order valence-electron chi connectivity index (χ0n) is 51.6. The van der Waals surface area contributed by atoms with Crippen LogP contribution in [0.25, 0.3) is 0 Å². The summed E-state index contributed by atoms with van der Waals surface area (Å²) in [5.74, 6) is -0.923. The van der Waals surface area contributed by atoms with Crippen molar-refractivity contribution in [2.24, 2.45) is 0 Å². The van der Waals surface area contributed by atoms with Crippen LogP contribution >= 0.6 is 0 Å². The van der Waals surface area contributed by atoms with Crippen molar-refractivity contribution in [3.63, 3.8) is 0 Å². The van der Waals surface area contributed by atoms with Gasteiger partial charge in [0.05, 0.1) is 0 Å². The van der Waals surface area contributed by atoms with Crippen LogP contribution in [-0.4, -0.2) is 37.2 Å². The van der Waals surface area contributed by atoms with E-state index in [0.29, 0.717) is 19.3 Å². The molecule has 1 atom stereocenters. The molecule has 0 saturated carbocycles. The van der Waals surface area contributed by atoms with Crippen LogP contribution in [0.2, 0.25) is 0 Å². The monoisotopic (exact) mass is 1090 g/mol.